The number of benzene rings is 3. The second kappa shape index (κ2) is 13.7. The lowest BCUT2D eigenvalue weighted by Crippen LogP contribution is -2.36. The summed E-state index contributed by atoms with van der Waals surface area (Å²) in [5.74, 6) is 0. The van der Waals surface area contributed by atoms with E-state index in [2.05, 4.69) is 51.5 Å². The van der Waals surface area contributed by atoms with E-state index in [9.17, 15) is 0 Å². The van der Waals surface area contributed by atoms with Crippen LogP contribution in [-0.2, 0) is 0 Å². The zero-order chi connectivity index (χ0) is 29.1. The van der Waals surface area contributed by atoms with Crippen molar-refractivity contribution in [3.8, 4) is 35.1 Å². The van der Waals surface area contributed by atoms with E-state index in [0.29, 0.717) is 57.5 Å². The Balaban J connectivity index is 1.08. The maximum absolute atomic E-state index is 5.95. The van der Waals surface area contributed by atoms with Gasteiger partial charge in [0.25, 0.3) is 0 Å². The van der Waals surface area contributed by atoms with Crippen LogP contribution in [0.5, 0.6) is 18.0 Å². The second-order valence-corrected chi connectivity index (χ2v) is 9.01. The summed E-state index contributed by atoms with van der Waals surface area (Å²) in [7, 11) is 0. The van der Waals surface area contributed by atoms with Crippen LogP contribution in [0.2, 0.25) is 0 Å². The average Bonchev–Trinajstić information content (AvgIpc) is 3.84. The molecule has 43 heavy (non-hydrogen) atoms. The fourth-order valence-electron chi connectivity index (χ4n) is 4.13. The van der Waals surface area contributed by atoms with Gasteiger partial charge in [-0.2, -0.15) is 14.0 Å². The van der Waals surface area contributed by atoms with E-state index < -0.39 is 0 Å². The molecule has 0 amide bonds. The molecule has 218 valence electrons. The van der Waals surface area contributed by atoms with Gasteiger partial charge in [-0.05, 0) is 67.7 Å². The largest absolute Gasteiger partial charge is 0.461 e. The second-order valence-electron chi connectivity index (χ2n) is 9.01. The van der Waals surface area contributed by atoms with E-state index in [0.717, 1.165) is 17.1 Å². The first-order chi connectivity index (χ1) is 21.3. The fraction of sp³-hybridized carbons (Fsp3) is 0.222. The third-order valence-corrected chi connectivity index (χ3v) is 6.24. The lowest BCUT2D eigenvalue weighted by molar-refractivity contribution is 0.141. The zero-order valence-electron chi connectivity index (χ0n) is 22.9. The van der Waals surface area contributed by atoms with Gasteiger partial charge in [-0.15, -0.1) is 0 Å². The van der Waals surface area contributed by atoms with Crippen molar-refractivity contribution in [2.45, 2.75) is 0 Å². The third kappa shape index (κ3) is 6.94. The first kappa shape index (κ1) is 27.4. The number of aromatic nitrogens is 12. The maximum atomic E-state index is 5.95. The van der Waals surface area contributed by atoms with Crippen molar-refractivity contribution >= 4 is 0 Å². The van der Waals surface area contributed by atoms with Crippen molar-refractivity contribution in [3.05, 3.63) is 91.0 Å². The summed E-state index contributed by atoms with van der Waals surface area (Å²) in [5, 5.41) is 35.5. The Bertz CT molecular complexity index is 1480. The molecule has 6 aromatic rings. The standard InChI is InChI=1S/C27H27N13O3/c1-4-10-22(11-5-1)38-25(28-31-34-38)41-19-16-37(17-20-42-26-29-32-35-39(26)23-12-6-2-7-13-23)18-21-43-27-30-33-36-40(27)24-14-8-3-9-15-24/h1-15H,16-21H2. The van der Waals surface area contributed by atoms with Crippen LogP contribution in [0.1, 0.15) is 0 Å². The number of tetrazole rings is 3. The summed E-state index contributed by atoms with van der Waals surface area (Å²) in [5.41, 5.74) is 2.40. The Hall–Kier alpha value is -5.77. The molecule has 6 rings (SSSR count). The molecule has 0 bridgehead atoms. The number of rotatable bonds is 15. The molecule has 0 aliphatic heterocycles. The van der Waals surface area contributed by atoms with Crippen LogP contribution in [-0.4, -0.2) is 105 Å². The van der Waals surface area contributed by atoms with E-state index in [1.54, 1.807) is 14.0 Å². The Labute approximate surface area is 245 Å². The van der Waals surface area contributed by atoms with Crippen molar-refractivity contribution in [2.24, 2.45) is 0 Å². The van der Waals surface area contributed by atoms with Crippen molar-refractivity contribution in [1.82, 2.24) is 65.5 Å². The summed E-state index contributed by atoms with van der Waals surface area (Å²) in [6, 6.07) is 29.5. The molecule has 0 fully saturated rings. The van der Waals surface area contributed by atoms with Gasteiger partial charge < -0.3 is 14.2 Å². The highest BCUT2D eigenvalue weighted by Crippen LogP contribution is 2.15. The molecule has 16 nitrogen and oxygen atoms in total. The lowest BCUT2D eigenvalue weighted by Gasteiger charge is -2.22. The first-order valence-electron chi connectivity index (χ1n) is 13.5. The molecule has 0 aliphatic rings. The highest BCUT2D eigenvalue weighted by Gasteiger charge is 2.15. The van der Waals surface area contributed by atoms with E-state index >= 15 is 0 Å². The minimum atomic E-state index is 0.294. The van der Waals surface area contributed by atoms with Gasteiger partial charge in [-0.1, -0.05) is 69.9 Å². The molecule has 0 aliphatic carbocycles. The highest BCUT2D eigenvalue weighted by molar-refractivity contribution is 5.33. The van der Waals surface area contributed by atoms with E-state index in [1.165, 1.54) is 0 Å². The number of hydrogen-bond donors (Lipinski definition) is 0. The SMILES string of the molecule is c1ccc(-n2nnnc2OCCN(CCOc2nnnn2-c2ccccc2)CCOc2nnnn2-c2ccccc2)cc1. The predicted molar refractivity (Wildman–Crippen MR) is 150 cm³/mol. The monoisotopic (exact) mass is 581 g/mol. The van der Waals surface area contributed by atoms with E-state index in [1.807, 2.05) is 91.0 Å². The Morgan fingerprint density at radius 1 is 0.442 bits per heavy atom. The molecule has 3 aromatic heterocycles. The molecule has 0 spiro atoms. The molecular formula is C27H27N13O3. The van der Waals surface area contributed by atoms with Gasteiger partial charge in [0, 0.05) is 19.6 Å². The zero-order valence-corrected chi connectivity index (χ0v) is 22.9. The summed E-state index contributed by atoms with van der Waals surface area (Å²) < 4.78 is 22.5. The number of nitrogens with zero attached hydrogens (tertiary/aromatic N) is 13. The van der Waals surface area contributed by atoms with Crippen molar-refractivity contribution in [1.29, 1.82) is 0 Å². The third-order valence-electron chi connectivity index (χ3n) is 6.24. The highest BCUT2D eigenvalue weighted by atomic mass is 16.5. The molecular weight excluding hydrogens is 554 g/mol. The van der Waals surface area contributed by atoms with Crippen LogP contribution in [0.25, 0.3) is 17.1 Å². The molecule has 3 aromatic carbocycles. The molecule has 16 heteroatoms. The van der Waals surface area contributed by atoms with E-state index in [4.69, 9.17) is 14.2 Å². The number of ether oxygens (including phenoxy) is 3. The van der Waals surface area contributed by atoms with Crippen LogP contribution in [0, 0.1) is 0 Å². The van der Waals surface area contributed by atoms with Gasteiger partial charge in [-0.25, -0.2) is 0 Å². The topological polar surface area (TPSA) is 162 Å². The van der Waals surface area contributed by atoms with E-state index in [-0.39, 0.29) is 0 Å². The van der Waals surface area contributed by atoms with Crippen LogP contribution < -0.4 is 14.2 Å². The van der Waals surface area contributed by atoms with Crippen molar-refractivity contribution in [3.63, 3.8) is 0 Å². The molecule has 0 saturated carbocycles. The average molecular weight is 582 g/mol. The quantitative estimate of drug-likeness (QED) is 0.171. The molecule has 0 unspecified atom stereocenters. The van der Waals surface area contributed by atoms with Crippen LogP contribution in [0.4, 0.5) is 0 Å². The summed E-state index contributed by atoms with van der Waals surface area (Å²) >= 11 is 0. The van der Waals surface area contributed by atoms with Crippen LogP contribution in [0.3, 0.4) is 0 Å². The van der Waals surface area contributed by atoms with Crippen LogP contribution in [0.15, 0.2) is 91.0 Å². The van der Waals surface area contributed by atoms with Gasteiger partial charge in [0.1, 0.15) is 19.8 Å². The van der Waals surface area contributed by atoms with Gasteiger partial charge >= 0.3 is 18.0 Å². The minimum Gasteiger partial charge on any atom is -0.461 e. The number of para-hydroxylation sites is 3. The minimum absolute atomic E-state index is 0.294. The van der Waals surface area contributed by atoms with Gasteiger partial charge in [-0.3, -0.25) is 4.90 Å². The maximum Gasteiger partial charge on any atom is 0.340 e. The molecule has 0 radical (unpaired) electrons. The van der Waals surface area contributed by atoms with Gasteiger partial charge in [0.2, 0.25) is 0 Å². The normalized spacial score (nSPS) is 11.1. The summed E-state index contributed by atoms with van der Waals surface area (Å²) in [4.78, 5) is 2.12. The van der Waals surface area contributed by atoms with Crippen LogP contribution >= 0.6 is 0 Å². The number of hydrogen-bond acceptors (Lipinski definition) is 13. The predicted octanol–water partition coefficient (Wildman–Crippen LogP) is 1.45. The Morgan fingerprint density at radius 2 is 0.744 bits per heavy atom. The first-order valence-corrected chi connectivity index (χ1v) is 13.5. The van der Waals surface area contributed by atoms with Gasteiger partial charge in [0.05, 0.1) is 17.1 Å². The Kier molecular flexibility index (Phi) is 8.75. The Morgan fingerprint density at radius 3 is 1.05 bits per heavy atom. The fourth-order valence-corrected chi connectivity index (χ4v) is 4.13. The van der Waals surface area contributed by atoms with Gasteiger partial charge in [0.15, 0.2) is 0 Å². The molecule has 0 atom stereocenters. The lowest BCUT2D eigenvalue weighted by atomic mass is 10.3. The summed E-state index contributed by atoms with van der Waals surface area (Å²) in [6.07, 6.45) is 0. The smallest absolute Gasteiger partial charge is 0.340 e. The van der Waals surface area contributed by atoms with Crippen molar-refractivity contribution < 1.29 is 14.2 Å². The summed E-state index contributed by atoms with van der Waals surface area (Å²) in [6.45, 7) is 2.54. The molecule has 0 N–H and O–H groups in total. The van der Waals surface area contributed by atoms with Crippen molar-refractivity contribution in [2.75, 3.05) is 39.5 Å². The molecule has 0 saturated heterocycles. The molecule has 3 heterocycles.